The van der Waals surface area contributed by atoms with Crippen LogP contribution in [-0.2, 0) is 16.1 Å². The summed E-state index contributed by atoms with van der Waals surface area (Å²) < 4.78 is 27.6. The summed E-state index contributed by atoms with van der Waals surface area (Å²) in [5.74, 6) is -2.74. The van der Waals surface area contributed by atoms with Gasteiger partial charge >= 0.3 is 0 Å². The van der Waals surface area contributed by atoms with Gasteiger partial charge in [-0.15, -0.1) is 0 Å². The van der Waals surface area contributed by atoms with Crippen molar-refractivity contribution in [3.63, 3.8) is 0 Å². The first kappa shape index (κ1) is 13.7. The lowest BCUT2D eigenvalue weighted by atomic mass is 10.3. The van der Waals surface area contributed by atoms with Gasteiger partial charge in [0.1, 0.15) is 6.54 Å². The van der Waals surface area contributed by atoms with Crippen molar-refractivity contribution in [1.82, 2.24) is 9.78 Å². The molecule has 0 aliphatic rings. The van der Waals surface area contributed by atoms with E-state index in [1.54, 1.807) is 0 Å². The number of hydrogen-bond acceptors (Lipinski definition) is 3. The van der Waals surface area contributed by atoms with Crippen molar-refractivity contribution >= 4 is 23.7 Å². The number of anilines is 2. The average molecular weight is 280 g/mol. The molecule has 2 rings (SSSR count). The molecule has 1 heterocycles. The number of benzene rings is 1. The molecule has 0 radical (unpaired) electrons. The highest BCUT2D eigenvalue weighted by Gasteiger charge is 2.11. The first-order valence-corrected chi connectivity index (χ1v) is 5.56. The summed E-state index contributed by atoms with van der Waals surface area (Å²) >= 11 is 0. The Balaban J connectivity index is 2.01. The minimum atomic E-state index is -1.12. The highest BCUT2D eigenvalue weighted by Crippen LogP contribution is 2.16. The predicted octanol–water partition coefficient (Wildman–Crippen LogP) is 1.37. The van der Waals surface area contributed by atoms with Crippen molar-refractivity contribution in [2.75, 3.05) is 10.6 Å². The number of amides is 2. The summed E-state index contributed by atoms with van der Waals surface area (Å²) in [4.78, 5) is 21.9. The van der Waals surface area contributed by atoms with Gasteiger partial charge in [0.15, 0.2) is 11.6 Å². The van der Waals surface area contributed by atoms with E-state index in [1.807, 2.05) is 0 Å². The summed E-state index contributed by atoms with van der Waals surface area (Å²) in [5.41, 5.74) is 0.179. The molecule has 2 amide bonds. The molecular formula is C12H10F2N4O2. The molecule has 8 heteroatoms. The zero-order valence-corrected chi connectivity index (χ0v) is 10.1. The maximum absolute atomic E-state index is 13.3. The van der Waals surface area contributed by atoms with E-state index in [-0.39, 0.29) is 12.2 Å². The minimum Gasteiger partial charge on any atom is -0.326 e. The molecule has 0 spiro atoms. The molecule has 2 N–H and O–H groups in total. The number of hydrogen-bond donors (Lipinski definition) is 2. The first-order valence-electron chi connectivity index (χ1n) is 5.56. The molecule has 0 aliphatic heterocycles. The fraction of sp³-hybridized carbons (Fsp3) is 0.0833. The maximum atomic E-state index is 13.3. The van der Waals surface area contributed by atoms with Crippen LogP contribution in [0.2, 0.25) is 0 Å². The summed E-state index contributed by atoms with van der Waals surface area (Å²) in [6.07, 6.45) is 3.25. The fourth-order valence-electron chi connectivity index (χ4n) is 1.53. The van der Waals surface area contributed by atoms with Gasteiger partial charge in [0.2, 0.25) is 12.3 Å². The van der Waals surface area contributed by atoms with Crippen LogP contribution in [0.15, 0.2) is 30.6 Å². The van der Waals surface area contributed by atoms with E-state index < -0.39 is 17.5 Å². The minimum absolute atomic E-state index is 0.198. The Hall–Kier alpha value is -2.77. The molecule has 0 fully saturated rings. The lowest BCUT2D eigenvalue weighted by molar-refractivity contribution is -0.117. The highest BCUT2D eigenvalue weighted by atomic mass is 19.2. The summed E-state index contributed by atoms with van der Waals surface area (Å²) in [6.45, 7) is -0.198. The second-order valence-electron chi connectivity index (χ2n) is 3.84. The van der Waals surface area contributed by atoms with Crippen LogP contribution < -0.4 is 10.6 Å². The molecular weight excluding hydrogens is 270 g/mol. The molecule has 0 unspecified atom stereocenters. The highest BCUT2D eigenvalue weighted by molar-refractivity contribution is 5.90. The van der Waals surface area contributed by atoms with Crippen LogP contribution >= 0.6 is 0 Å². The lowest BCUT2D eigenvalue weighted by Crippen LogP contribution is -2.19. The number of rotatable bonds is 5. The normalized spacial score (nSPS) is 10.1. The van der Waals surface area contributed by atoms with Crippen molar-refractivity contribution in [3.05, 3.63) is 42.2 Å². The molecule has 20 heavy (non-hydrogen) atoms. The molecule has 0 saturated carbocycles. The Labute approximate surface area is 112 Å². The topological polar surface area (TPSA) is 76.0 Å². The van der Waals surface area contributed by atoms with E-state index in [1.165, 1.54) is 29.2 Å². The van der Waals surface area contributed by atoms with E-state index in [9.17, 15) is 18.4 Å². The largest absolute Gasteiger partial charge is 0.326 e. The van der Waals surface area contributed by atoms with Crippen LogP contribution in [0.5, 0.6) is 0 Å². The second kappa shape index (κ2) is 5.91. The van der Waals surface area contributed by atoms with Gasteiger partial charge in [-0.1, -0.05) is 6.07 Å². The number of nitrogens with one attached hydrogen (secondary N) is 2. The summed E-state index contributed by atoms with van der Waals surface area (Å²) in [5, 5.41) is 8.42. The van der Waals surface area contributed by atoms with E-state index in [0.29, 0.717) is 12.1 Å². The van der Waals surface area contributed by atoms with Crippen molar-refractivity contribution in [2.24, 2.45) is 0 Å². The van der Waals surface area contributed by atoms with Gasteiger partial charge in [-0.05, 0) is 12.1 Å². The molecule has 0 aliphatic carbocycles. The van der Waals surface area contributed by atoms with Crippen LogP contribution in [0.3, 0.4) is 0 Å². The summed E-state index contributed by atoms with van der Waals surface area (Å²) in [6, 6.07) is 3.49. The summed E-state index contributed by atoms with van der Waals surface area (Å²) in [7, 11) is 0. The second-order valence-corrected chi connectivity index (χ2v) is 3.84. The van der Waals surface area contributed by atoms with Crippen molar-refractivity contribution in [3.8, 4) is 0 Å². The SMILES string of the molecule is O=CNc1cnn(CC(=O)Nc2cccc(F)c2F)c1. The Kier molecular flexibility index (Phi) is 4.04. The smallest absolute Gasteiger partial charge is 0.246 e. The monoisotopic (exact) mass is 280 g/mol. The lowest BCUT2D eigenvalue weighted by Gasteiger charge is -2.06. The van der Waals surface area contributed by atoms with Crippen LogP contribution in [0.4, 0.5) is 20.2 Å². The third-order valence-electron chi connectivity index (χ3n) is 2.39. The predicted molar refractivity (Wildman–Crippen MR) is 66.9 cm³/mol. The third kappa shape index (κ3) is 3.16. The van der Waals surface area contributed by atoms with Crippen molar-refractivity contribution in [2.45, 2.75) is 6.54 Å². The van der Waals surface area contributed by atoms with Gasteiger partial charge in [-0.3, -0.25) is 14.3 Å². The zero-order chi connectivity index (χ0) is 14.5. The number of halogens is 2. The standard InChI is InChI=1S/C12H10F2N4O2/c13-9-2-1-3-10(12(9)14)17-11(20)6-18-5-8(4-16-18)15-7-19/h1-5,7H,6H2,(H,15,19)(H,17,20). The molecule has 6 nitrogen and oxygen atoms in total. The molecule has 104 valence electrons. The first-order chi connectivity index (χ1) is 9.60. The Morgan fingerprint density at radius 1 is 1.40 bits per heavy atom. The molecule has 1 aromatic carbocycles. The number of aromatic nitrogens is 2. The third-order valence-corrected chi connectivity index (χ3v) is 2.39. The molecule has 0 atom stereocenters. The van der Waals surface area contributed by atoms with Crippen LogP contribution in [-0.4, -0.2) is 22.1 Å². The number of nitrogens with zero attached hydrogens (tertiary/aromatic N) is 2. The van der Waals surface area contributed by atoms with Crippen LogP contribution in [0.1, 0.15) is 0 Å². The van der Waals surface area contributed by atoms with E-state index >= 15 is 0 Å². The van der Waals surface area contributed by atoms with Gasteiger partial charge in [0, 0.05) is 6.20 Å². The van der Waals surface area contributed by atoms with Gasteiger partial charge in [-0.2, -0.15) is 5.10 Å². The number of carbonyl (C=O) groups is 2. The van der Waals surface area contributed by atoms with Gasteiger partial charge in [-0.25, -0.2) is 8.78 Å². The number of carbonyl (C=O) groups excluding carboxylic acids is 2. The van der Waals surface area contributed by atoms with E-state index in [0.717, 1.165) is 6.07 Å². The van der Waals surface area contributed by atoms with Crippen molar-refractivity contribution in [1.29, 1.82) is 0 Å². The molecule has 0 bridgehead atoms. The van der Waals surface area contributed by atoms with E-state index in [2.05, 4.69) is 15.7 Å². The average Bonchev–Trinajstić information content (AvgIpc) is 2.83. The Morgan fingerprint density at radius 3 is 2.95 bits per heavy atom. The fourth-order valence-corrected chi connectivity index (χ4v) is 1.53. The van der Waals surface area contributed by atoms with Gasteiger partial charge in [0.25, 0.3) is 0 Å². The molecule has 1 aromatic heterocycles. The Bertz CT molecular complexity index is 642. The molecule has 0 saturated heterocycles. The van der Waals surface area contributed by atoms with Crippen LogP contribution in [0.25, 0.3) is 0 Å². The van der Waals surface area contributed by atoms with Crippen LogP contribution in [0, 0.1) is 11.6 Å². The molecule has 2 aromatic rings. The van der Waals surface area contributed by atoms with Gasteiger partial charge < -0.3 is 10.6 Å². The van der Waals surface area contributed by atoms with Crippen molar-refractivity contribution < 1.29 is 18.4 Å². The van der Waals surface area contributed by atoms with Gasteiger partial charge in [0.05, 0.1) is 17.6 Å². The Morgan fingerprint density at radius 2 is 2.20 bits per heavy atom. The van der Waals surface area contributed by atoms with E-state index in [4.69, 9.17) is 0 Å². The maximum Gasteiger partial charge on any atom is 0.246 e. The quantitative estimate of drug-likeness (QED) is 0.812. The zero-order valence-electron chi connectivity index (χ0n) is 10.1.